The molecule has 2 atom stereocenters. The molecule has 2 aromatic rings. The van der Waals surface area contributed by atoms with Crippen molar-refractivity contribution in [3.63, 3.8) is 0 Å². The van der Waals surface area contributed by atoms with E-state index in [1.807, 2.05) is 0 Å². The molecule has 0 spiro atoms. The Morgan fingerprint density at radius 3 is 1.65 bits per heavy atom. The van der Waals surface area contributed by atoms with Gasteiger partial charge in [-0.25, -0.2) is 0 Å². The molecule has 1 heteroatoms. The second kappa shape index (κ2) is 6.20. The zero-order valence-electron chi connectivity index (χ0n) is 15.5. The first-order valence-electron chi connectivity index (χ1n) is 8.22. The van der Waals surface area contributed by atoms with Gasteiger partial charge in [-0.2, -0.15) is 0 Å². The minimum atomic E-state index is 0. The molecule has 0 heterocycles. The van der Waals surface area contributed by atoms with Gasteiger partial charge in [-0.3, -0.25) is 0 Å². The Bertz CT molecular complexity index is 736. The molecular formula is C22H23Li. The third kappa shape index (κ3) is 2.55. The molecule has 0 nitrogen and oxygen atoms in total. The van der Waals surface area contributed by atoms with E-state index in [1.165, 1.54) is 33.4 Å². The molecule has 23 heavy (non-hydrogen) atoms. The van der Waals surface area contributed by atoms with Crippen molar-refractivity contribution in [2.24, 2.45) is 5.92 Å². The van der Waals surface area contributed by atoms with Crippen LogP contribution in [0.1, 0.15) is 53.6 Å². The summed E-state index contributed by atoms with van der Waals surface area (Å²) in [6.45, 7) is 6.83. The first-order chi connectivity index (χ1) is 10.7. The van der Waals surface area contributed by atoms with Crippen LogP contribution in [-0.4, -0.2) is 0 Å². The van der Waals surface area contributed by atoms with Crippen molar-refractivity contribution in [1.82, 2.24) is 0 Å². The largest absolute Gasteiger partial charge is 1.00 e. The molecule has 2 aliphatic rings. The Morgan fingerprint density at radius 1 is 0.783 bits per heavy atom. The smallest absolute Gasteiger partial charge is 1.00 e. The SMILES string of the molecule is Cc1cccc2c1C=CC2C(C)C1C=Cc2c(C)cccc21.[H-].[Li+]. The molecule has 112 valence electrons. The summed E-state index contributed by atoms with van der Waals surface area (Å²) in [5, 5.41) is 0. The summed E-state index contributed by atoms with van der Waals surface area (Å²) < 4.78 is 0. The van der Waals surface area contributed by atoms with Crippen LogP contribution in [0.2, 0.25) is 0 Å². The van der Waals surface area contributed by atoms with Crippen LogP contribution in [0, 0.1) is 19.8 Å². The van der Waals surface area contributed by atoms with Crippen molar-refractivity contribution >= 4 is 12.2 Å². The van der Waals surface area contributed by atoms with E-state index in [-0.39, 0.29) is 20.3 Å². The standard InChI is InChI=1S/C22H22.Li.H/c1-14-6-4-8-21-17(14)10-12-19(21)16(3)20-13-11-18-15(2)7-5-9-22(18)20;;/h4-13,16,19-20H,1-3H3;;/q;+1;-1. The van der Waals surface area contributed by atoms with Gasteiger partial charge in [0.05, 0.1) is 0 Å². The predicted octanol–water partition coefficient (Wildman–Crippen LogP) is 2.98. The zero-order valence-corrected chi connectivity index (χ0v) is 14.5. The molecule has 0 fully saturated rings. The van der Waals surface area contributed by atoms with Crippen LogP contribution in [-0.2, 0) is 0 Å². The van der Waals surface area contributed by atoms with Crippen LogP contribution in [0.4, 0.5) is 0 Å². The minimum Gasteiger partial charge on any atom is -1.00 e. The zero-order chi connectivity index (χ0) is 15.3. The van der Waals surface area contributed by atoms with E-state index in [0.717, 1.165) is 0 Å². The van der Waals surface area contributed by atoms with Crippen LogP contribution in [0.15, 0.2) is 48.6 Å². The molecule has 0 aliphatic heterocycles. The van der Waals surface area contributed by atoms with Crippen molar-refractivity contribution in [2.75, 3.05) is 0 Å². The van der Waals surface area contributed by atoms with Crippen LogP contribution >= 0.6 is 0 Å². The molecule has 2 aliphatic carbocycles. The van der Waals surface area contributed by atoms with Gasteiger partial charge in [-0.15, -0.1) is 0 Å². The average Bonchev–Trinajstić information content (AvgIpc) is 3.12. The van der Waals surface area contributed by atoms with Crippen LogP contribution in [0.3, 0.4) is 0 Å². The number of aryl methyl sites for hydroxylation is 2. The third-order valence-corrected chi connectivity index (χ3v) is 5.51. The summed E-state index contributed by atoms with van der Waals surface area (Å²) >= 11 is 0. The third-order valence-electron chi connectivity index (χ3n) is 5.51. The van der Waals surface area contributed by atoms with Crippen molar-refractivity contribution in [3.05, 3.63) is 81.9 Å². The summed E-state index contributed by atoms with van der Waals surface area (Å²) in [7, 11) is 0. The van der Waals surface area contributed by atoms with Crippen LogP contribution < -0.4 is 18.9 Å². The Kier molecular flexibility index (Phi) is 4.41. The van der Waals surface area contributed by atoms with Gasteiger partial charge in [0, 0.05) is 11.8 Å². The maximum absolute atomic E-state index is 2.41. The summed E-state index contributed by atoms with van der Waals surface area (Å²) in [4.78, 5) is 0. The molecule has 0 saturated carbocycles. The molecule has 4 rings (SSSR count). The van der Waals surface area contributed by atoms with E-state index in [4.69, 9.17) is 0 Å². The van der Waals surface area contributed by atoms with Gasteiger partial charge in [0.2, 0.25) is 0 Å². The minimum absolute atomic E-state index is 0. The number of fused-ring (bicyclic) bond motifs is 2. The second-order valence-corrected chi connectivity index (χ2v) is 6.78. The normalized spacial score (nSPS) is 21.7. The van der Waals surface area contributed by atoms with E-state index in [2.05, 4.69) is 81.5 Å². The van der Waals surface area contributed by atoms with Gasteiger partial charge in [0.15, 0.2) is 0 Å². The maximum Gasteiger partial charge on any atom is 1.00 e. The van der Waals surface area contributed by atoms with Gasteiger partial charge in [-0.1, -0.05) is 67.6 Å². The fourth-order valence-corrected chi connectivity index (χ4v) is 4.19. The Hall–Kier alpha value is -1.48. The molecule has 2 unspecified atom stereocenters. The summed E-state index contributed by atoms with van der Waals surface area (Å²) in [6.07, 6.45) is 9.46. The van der Waals surface area contributed by atoms with E-state index in [0.29, 0.717) is 17.8 Å². The Morgan fingerprint density at radius 2 is 1.22 bits per heavy atom. The monoisotopic (exact) mass is 294 g/mol. The van der Waals surface area contributed by atoms with Crippen molar-refractivity contribution in [2.45, 2.75) is 32.6 Å². The first kappa shape index (κ1) is 16.4. The van der Waals surface area contributed by atoms with E-state index >= 15 is 0 Å². The number of allylic oxidation sites excluding steroid dienone is 2. The molecule has 0 amide bonds. The van der Waals surface area contributed by atoms with Crippen LogP contribution in [0.5, 0.6) is 0 Å². The van der Waals surface area contributed by atoms with Crippen molar-refractivity contribution < 1.29 is 20.3 Å². The first-order valence-corrected chi connectivity index (χ1v) is 8.22. The molecular weight excluding hydrogens is 271 g/mol. The summed E-state index contributed by atoms with van der Waals surface area (Å²) in [5.41, 5.74) is 8.66. The van der Waals surface area contributed by atoms with Gasteiger partial charge >= 0.3 is 18.9 Å². The topological polar surface area (TPSA) is 0 Å². The number of rotatable bonds is 2. The van der Waals surface area contributed by atoms with Gasteiger partial charge < -0.3 is 1.43 Å². The fraction of sp³-hybridized carbons (Fsp3) is 0.273. The molecule has 0 radical (unpaired) electrons. The van der Waals surface area contributed by atoms with Crippen LogP contribution in [0.25, 0.3) is 12.2 Å². The quantitative estimate of drug-likeness (QED) is 0.747. The average molecular weight is 294 g/mol. The number of hydrogen-bond acceptors (Lipinski definition) is 0. The van der Waals surface area contributed by atoms with Crippen molar-refractivity contribution in [3.8, 4) is 0 Å². The summed E-state index contributed by atoms with van der Waals surface area (Å²) in [5.74, 6) is 1.63. The molecule has 2 aromatic carbocycles. The molecule has 0 N–H and O–H groups in total. The predicted molar refractivity (Wildman–Crippen MR) is 96.2 cm³/mol. The van der Waals surface area contributed by atoms with E-state index < -0.39 is 0 Å². The Balaban J connectivity index is 0.00000104. The van der Waals surface area contributed by atoms with E-state index in [1.54, 1.807) is 0 Å². The Labute approximate surface area is 153 Å². The van der Waals surface area contributed by atoms with Gasteiger partial charge in [-0.05, 0) is 53.1 Å². The molecule has 0 saturated heterocycles. The van der Waals surface area contributed by atoms with Gasteiger partial charge in [0.25, 0.3) is 0 Å². The number of benzene rings is 2. The maximum atomic E-state index is 2.41. The summed E-state index contributed by atoms with van der Waals surface area (Å²) in [6, 6.07) is 13.4. The van der Waals surface area contributed by atoms with E-state index in [9.17, 15) is 0 Å². The molecule has 0 bridgehead atoms. The fourth-order valence-electron chi connectivity index (χ4n) is 4.19. The van der Waals surface area contributed by atoms with Crippen molar-refractivity contribution in [1.29, 1.82) is 0 Å². The molecule has 0 aromatic heterocycles. The number of hydrogen-bond donors (Lipinski definition) is 0. The second-order valence-electron chi connectivity index (χ2n) is 6.78. The van der Waals surface area contributed by atoms with Gasteiger partial charge in [0.1, 0.15) is 0 Å².